The van der Waals surface area contributed by atoms with E-state index in [9.17, 15) is 9.90 Å². The van der Waals surface area contributed by atoms with Crippen LogP contribution < -0.4 is 10.4 Å². The first-order chi connectivity index (χ1) is 6.00. The number of carboxylic acids is 1. The molecule has 0 aliphatic heterocycles. The molecule has 0 amide bonds. The van der Waals surface area contributed by atoms with Gasteiger partial charge in [-0.25, -0.2) is 4.98 Å². The van der Waals surface area contributed by atoms with Gasteiger partial charge in [-0.2, -0.15) is 0 Å². The Morgan fingerprint density at radius 3 is 2.62 bits per heavy atom. The number of nitrogens with zero attached hydrogens (tertiary/aromatic N) is 1. The predicted octanol–water partition coefficient (Wildman–Crippen LogP) is 0.635. The molecule has 0 saturated heterocycles. The molecule has 0 spiro atoms. The quantitative estimate of drug-likeness (QED) is 0.775. The molecule has 1 aromatic heterocycles. The van der Waals surface area contributed by atoms with Crippen LogP contribution in [0.5, 0.6) is 0 Å². The summed E-state index contributed by atoms with van der Waals surface area (Å²) in [5.41, 5.74) is 0.508. The molecule has 0 radical (unpaired) electrons. The van der Waals surface area contributed by atoms with E-state index in [2.05, 4.69) is 10.3 Å². The third kappa shape index (κ3) is 2.42. The normalized spacial score (nSPS) is 10.5. The van der Waals surface area contributed by atoms with Crippen LogP contribution in [0.3, 0.4) is 0 Å². The standard InChI is InChI=1S/C8H12N2O2S/c1-4(2)9-8-10-5(3)6(13-8)7(11)12/h4H,1-3H3,(H,9,10)(H,11,12)/p-1. The van der Waals surface area contributed by atoms with Crippen molar-refractivity contribution < 1.29 is 9.90 Å². The van der Waals surface area contributed by atoms with Crippen LogP contribution in [-0.4, -0.2) is 17.0 Å². The number of anilines is 1. The van der Waals surface area contributed by atoms with Crippen LogP contribution >= 0.6 is 11.3 Å². The Hall–Kier alpha value is -1.10. The smallest absolute Gasteiger partial charge is 0.183 e. The van der Waals surface area contributed by atoms with Crippen molar-refractivity contribution in [3.63, 3.8) is 0 Å². The topological polar surface area (TPSA) is 65.0 Å². The van der Waals surface area contributed by atoms with Gasteiger partial charge in [0.15, 0.2) is 5.13 Å². The number of hydrogen-bond acceptors (Lipinski definition) is 5. The molecule has 0 saturated carbocycles. The van der Waals surface area contributed by atoms with Gasteiger partial charge in [0.2, 0.25) is 0 Å². The molecule has 4 nitrogen and oxygen atoms in total. The molecule has 0 fully saturated rings. The molecular weight excluding hydrogens is 188 g/mol. The molecule has 72 valence electrons. The summed E-state index contributed by atoms with van der Waals surface area (Å²) in [4.78, 5) is 14.8. The van der Waals surface area contributed by atoms with Gasteiger partial charge in [0.25, 0.3) is 0 Å². The molecule has 0 aliphatic rings. The predicted molar refractivity (Wildman–Crippen MR) is 49.9 cm³/mol. The lowest BCUT2D eigenvalue weighted by molar-refractivity contribution is -0.254. The van der Waals surface area contributed by atoms with Crippen LogP contribution in [0.2, 0.25) is 0 Å². The highest BCUT2D eigenvalue weighted by Crippen LogP contribution is 2.22. The largest absolute Gasteiger partial charge is 0.544 e. The van der Waals surface area contributed by atoms with Crippen molar-refractivity contribution in [2.24, 2.45) is 0 Å². The van der Waals surface area contributed by atoms with Crippen LogP contribution in [-0.2, 0) is 0 Å². The summed E-state index contributed by atoms with van der Waals surface area (Å²) in [7, 11) is 0. The van der Waals surface area contributed by atoms with E-state index in [-0.39, 0.29) is 10.9 Å². The minimum Gasteiger partial charge on any atom is -0.544 e. The van der Waals surface area contributed by atoms with Crippen molar-refractivity contribution in [3.8, 4) is 0 Å². The van der Waals surface area contributed by atoms with Crippen LogP contribution in [0.4, 0.5) is 5.13 Å². The Labute approximate surface area is 80.6 Å². The number of aromatic carboxylic acids is 1. The average molecular weight is 199 g/mol. The first-order valence-electron chi connectivity index (χ1n) is 3.96. The summed E-state index contributed by atoms with van der Waals surface area (Å²) in [6.45, 7) is 5.60. The van der Waals surface area contributed by atoms with E-state index in [1.807, 2.05) is 13.8 Å². The minimum absolute atomic E-state index is 0.197. The van der Waals surface area contributed by atoms with Gasteiger partial charge in [-0.3, -0.25) is 0 Å². The van der Waals surface area contributed by atoms with E-state index < -0.39 is 5.97 Å². The van der Waals surface area contributed by atoms with Gasteiger partial charge in [-0.05, 0) is 20.8 Å². The Balaban J connectivity index is 2.89. The van der Waals surface area contributed by atoms with Gasteiger partial charge in [0, 0.05) is 6.04 Å². The number of carboxylic acid groups (broad SMARTS) is 1. The first kappa shape index (κ1) is 9.98. The van der Waals surface area contributed by atoms with Gasteiger partial charge >= 0.3 is 0 Å². The number of aromatic nitrogens is 1. The second kappa shape index (κ2) is 3.74. The number of carbonyl (C=O) groups is 1. The Kier molecular flexibility index (Phi) is 2.87. The van der Waals surface area contributed by atoms with Gasteiger partial charge in [-0.15, -0.1) is 0 Å². The summed E-state index contributed by atoms with van der Waals surface area (Å²) in [5.74, 6) is -1.16. The number of carbonyl (C=O) groups excluding carboxylic acids is 1. The van der Waals surface area contributed by atoms with Gasteiger partial charge in [0.1, 0.15) is 0 Å². The second-order valence-corrected chi connectivity index (χ2v) is 4.02. The zero-order valence-corrected chi connectivity index (χ0v) is 8.57. The second-order valence-electron chi connectivity index (χ2n) is 3.02. The number of thiazole rings is 1. The lowest BCUT2D eigenvalue weighted by Gasteiger charge is -2.04. The first-order valence-corrected chi connectivity index (χ1v) is 4.77. The molecule has 1 N–H and O–H groups in total. The number of aryl methyl sites for hydroxylation is 1. The molecule has 1 heterocycles. The molecule has 13 heavy (non-hydrogen) atoms. The molecular formula is C8H11N2O2S-. The maximum atomic E-state index is 10.6. The van der Waals surface area contributed by atoms with Crippen LogP contribution in [0.1, 0.15) is 29.2 Å². The van der Waals surface area contributed by atoms with E-state index in [0.29, 0.717) is 10.8 Å². The lowest BCUT2D eigenvalue weighted by Crippen LogP contribution is -2.21. The zero-order valence-electron chi connectivity index (χ0n) is 7.75. The highest BCUT2D eigenvalue weighted by atomic mass is 32.1. The molecule has 0 bridgehead atoms. The maximum absolute atomic E-state index is 10.6. The SMILES string of the molecule is Cc1nc(NC(C)C)sc1C(=O)[O-]. The van der Waals surface area contributed by atoms with Crippen molar-refractivity contribution in [1.82, 2.24) is 4.98 Å². The van der Waals surface area contributed by atoms with Crippen molar-refractivity contribution in [2.75, 3.05) is 5.32 Å². The zero-order chi connectivity index (χ0) is 10.0. The number of nitrogens with one attached hydrogen (secondary N) is 1. The molecule has 1 aromatic rings. The summed E-state index contributed by atoms with van der Waals surface area (Å²) < 4.78 is 0. The minimum atomic E-state index is -1.16. The van der Waals surface area contributed by atoms with E-state index in [4.69, 9.17) is 0 Å². The summed E-state index contributed by atoms with van der Waals surface area (Å²) in [6, 6.07) is 0.250. The highest BCUT2D eigenvalue weighted by Gasteiger charge is 2.08. The fourth-order valence-electron chi connectivity index (χ4n) is 0.895. The average Bonchev–Trinajstić information content (AvgIpc) is 2.29. The van der Waals surface area contributed by atoms with Gasteiger partial charge in [-0.1, -0.05) is 11.3 Å². The monoisotopic (exact) mass is 199 g/mol. The number of rotatable bonds is 3. The Bertz CT molecular complexity index is 320. The summed E-state index contributed by atoms with van der Waals surface area (Å²) in [5, 5.41) is 14.2. The van der Waals surface area contributed by atoms with Crippen molar-refractivity contribution in [1.29, 1.82) is 0 Å². The Morgan fingerprint density at radius 1 is 1.62 bits per heavy atom. The van der Waals surface area contributed by atoms with E-state index in [1.54, 1.807) is 6.92 Å². The molecule has 5 heteroatoms. The van der Waals surface area contributed by atoms with E-state index in [1.165, 1.54) is 0 Å². The molecule has 0 aromatic carbocycles. The van der Waals surface area contributed by atoms with Crippen LogP contribution in [0.25, 0.3) is 0 Å². The third-order valence-electron chi connectivity index (χ3n) is 1.39. The van der Waals surface area contributed by atoms with Gasteiger partial charge < -0.3 is 15.2 Å². The van der Waals surface area contributed by atoms with Crippen molar-refractivity contribution in [2.45, 2.75) is 26.8 Å². The lowest BCUT2D eigenvalue weighted by atomic mass is 10.4. The van der Waals surface area contributed by atoms with Gasteiger partial charge in [0.05, 0.1) is 16.5 Å². The Morgan fingerprint density at radius 2 is 2.23 bits per heavy atom. The van der Waals surface area contributed by atoms with Crippen molar-refractivity contribution in [3.05, 3.63) is 10.6 Å². The van der Waals surface area contributed by atoms with Crippen molar-refractivity contribution >= 4 is 22.4 Å². The fourth-order valence-corrected chi connectivity index (χ4v) is 1.84. The maximum Gasteiger partial charge on any atom is 0.183 e. The molecule has 0 aliphatic carbocycles. The van der Waals surface area contributed by atoms with E-state index >= 15 is 0 Å². The fraction of sp³-hybridized carbons (Fsp3) is 0.500. The number of hydrogen-bond donors (Lipinski definition) is 1. The van der Waals surface area contributed by atoms with Crippen LogP contribution in [0, 0.1) is 6.92 Å². The highest BCUT2D eigenvalue weighted by molar-refractivity contribution is 7.17. The third-order valence-corrected chi connectivity index (χ3v) is 2.46. The molecule has 1 rings (SSSR count). The van der Waals surface area contributed by atoms with Crippen LogP contribution in [0.15, 0.2) is 0 Å². The summed E-state index contributed by atoms with van der Waals surface area (Å²) >= 11 is 1.11. The molecule has 0 atom stereocenters. The molecule has 0 unspecified atom stereocenters. The van der Waals surface area contributed by atoms with E-state index in [0.717, 1.165) is 11.3 Å². The summed E-state index contributed by atoms with van der Waals surface area (Å²) in [6.07, 6.45) is 0.